The molecule has 0 unspecified atom stereocenters. The zero-order chi connectivity index (χ0) is 12.1. The summed E-state index contributed by atoms with van der Waals surface area (Å²) in [6, 6.07) is 7.68. The fourth-order valence-corrected chi connectivity index (χ4v) is 2.27. The Balaban J connectivity index is 1.84. The molecule has 0 fully saturated rings. The zero-order valence-electron chi connectivity index (χ0n) is 9.43. The molecule has 1 aromatic heterocycles. The van der Waals surface area contributed by atoms with Gasteiger partial charge in [-0.3, -0.25) is 9.78 Å². The van der Waals surface area contributed by atoms with Crippen LogP contribution in [0.15, 0.2) is 36.0 Å². The SMILES string of the molecule is Nc1cccc(CCC(=O)Cc2cncs2)c1. The second-order valence-corrected chi connectivity index (χ2v) is 4.90. The van der Waals surface area contributed by atoms with Crippen molar-refractivity contribution in [3.63, 3.8) is 0 Å². The van der Waals surface area contributed by atoms with Crippen molar-refractivity contribution in [3.05, 3.63) is 46.4 Å². The van der Waals surface area contributed by atoms with Crippen LogP contribution in [0.3, 0.4) is 0 Å². The van der Waals surface area contributed by atoms with Gasteiger partial charge in [-0.15, -0.1) is 11.3 Å². The van der Waals surface area contributed by atoms with E-state index in [1.807, 2.05) is 24.3 Å². The number of hydrogen-bond acceptors (Lipinski definition) is 4. The second kappa shape index (κ2) is 5.59. The van der Waals surface area contributed by atoms with Gasteiger partial charge in [-0.2, -0.15) is 0 Å². The van der Waals surface area contributed by atoms with Gasteiger partial charge in [0.2, 0.25) is 0 Å². The first-order chi connectivity index (χ1) is 8.24. The van der Waals surface area contributed by atoms with Gasteiger partial charge in [0.25, 0.3) is 0 Å². The molecule has 2 rings (SSSR count). The number of nitrogens with zero attached hydrogens (tertiary/aromatic N) is 1. The van der Waals surface area contributed by atoms with E-state index in [0.29, 0.717) is 12.8 Å². The zero-order valence-corrected chi connectivity index (χ0v) is 10.2. The Kier molecular flexibility index (Phi) is 3.88. The number of anilines is 1. The number of aromatic nitrogens is 1. The lowest BCUT2D eigenvalue weighted by molar-refractivity contribution is -0.118. The maximum atomic E-state index is 11.7. The first-order valence-corrected chi connectivity index (χ1v) is 6.35. The van der Waals surface area contributed by atoms with E-state index in [1.54, 1.807) is 11.7 Å². The Morgan fingerprint density at radius 2 is 2.29 bits per heavy atom. The van der Waals surface area contributed by atoms with Crippen molar-refractivity contribution in [2.45, 2.75) is 19.3 Å². The molecular formula is C13H14N2OS. The minimum absolute atomic E-state index is 0.247. The number of Topliss-reactive ketones (excluding diaryl/α,β-unsaturated/α-hetero) is 1. The Bertz CT molecular complexity index is 494. The molecule has 0 aliphatic carbocycles. The van der Waals surface area contributed by atoms with Gasteiger partial charge in [0, 0.05) is 29.6 Å². The van der Waals surface area contributed by atoms with Gasteiger partial charge in [0.05, 0.1) is 5.51 Å². The van der Waals surface area contributed by atoms with E-state index in [-0.39, 0.29) is 5.78 Å². The van der Waals surface area contributed by atoms with Crippen molar-refractivity contribution < 1.29 is 4.79 Å². The Morgan fingerprint density at radius 1 is 1.41 bits per heavy atom. The number of carbonyl (C=O) groups is 1. The van der Waals surface area contributed by atoms with Crippen LogP contribution >= 0.6 is 11.3 Å². The fourth-order valence-electron chi connectivity index (χ4n) is 1.64. The van der Waals surface area contributed by atoms with Crippen molar-refractivity contribution >= 4 is 22.8 Å². The van der Waals surface area contributed by atoms with Crippen molar-refractivity contribution in [1.29, 1.82) is 0 Å². The van der Waals surface area contributed by atoms with Gasteiger partial charge >= 0.3 is 0 Å². The van der Waals surface area contributed by atoms with Gasteiger partial charge < -0.3 is 5.73 Å². The van der Waals surface area contributed by atoms with Crippen LogP contribution in [0, 0.1) is 0 Å². The highest BCUT2D eigenvalue weighted by Crippen LogP contribution is 2.11. The summed E-state index contributed by atoms with van der Waals surface area (Å²) in [5, 5.41) is 0. The van der Waals surface area contributed by atoms with E-state index < -0.39 is 0 Å². The van der Waals surface area contributed by atoms with Crippen molar-refractivity contribution in [3.8, 4) is 0 Å². The van der Waals surface area contributed by atoms with E-state index in [1.165, 1.54) is 11.3 Å². The Labute approximate surface area is 104 Å². The van der Waals surface area contributed by atoms with Crippen LogP contribution in [0.4, 0.5) is 5.69 Å². The molecule has 0 saturated heterocycles. The monoisotopic (exact) mass is 246 g/mol. The first kappa shape index (κ1) is 11.8. The summed E-state index contributed by atoms with van der Waals surface area (Å²) in [6.07, 6.45) is 3.56. The van der Waals surface area contributed by atoms with Crippen molar-refractivity contribution in [2.24, 2.45) is 0 Å². The average molecular weight is 246 g/mol. The highest BCUT2D eigenvalue weighted by molar-refractivity contribution is 7.09. The maximum absolute atomic E-state index is 11.7. The molecule has 2 aromatic rings. The Hall–Kier alpha value is -1.68. The second-order valence-electron chi connectivity index (χ2n) is 3.93. The molecule has 0 amide bonds. The molecule has 0 aliphatic rings. The van der Waals surface area contributed by atoms with Crippen molar-refractivity contribution in [1.82, 2.24) is 4.98 Å². The van der Waals surface area contributed by atoms with Gasteiger partial charge in [0.15, 0.2) is 0 Å². The number of rotatable bonds is 5. The third kappa shape index (κ3) is 3.67. The lowest BCUT2D eigenvalue weighted by Gasteiger charge is -2.01. The first-order valence-electron chi connectivity index (χ1n) is 5.47. The van der Waals surface area contributed by atoms with E-state index in [0.717, 1.165) is 22.5 Å². The fraction of sp³-hybridized carbons (Fsp3) is 0.231. The summed E-state index contributed by atoms with van der Waals surface area (Å²) in [6.45, 7) is 0. The topological polar surface area (TPSA) is 56.0 Å². The molecule has 0 aliphatic heterocycles. The highest BCUT2D eigenvalue weighted by Gasteiger charge is 2.05. The van der Waals surface area contributed by atoms with Gasteiger partial charge in [-0.1, -0.05) is 12.1 Å². The molecule has 3 nitrogen and oxygen atoms in total. The van der Waals surface area contributed by atoms with Crippen LogP contribution in [-0.2, 0) is 17.6 Å². The lowest BCUT2D eigenvalue weighted by atomic mass is 10.1. The number of hydrogen-bond donors (Lipinski definition) is 1. The molecule has 0 spiro atoms. The van der Waals surface area contributed by atoms with Gasteiger partial charge in [0.1, 0.15) is 5.78 Å². The van der Waals surface area contributed by atoms with Crippen LogP contribution in [-0.4, -0.2) is 10.8 Å². The van der Waals surface area contributed by atoms with Crippen LogP contribution in [0.1, 0.15) is 16.9 Å². The lowest BCUT2D eigenvalue weighted by Crippen LogP contribution is -2.03. The summed E-state index contributed by atoms with van der Waals surface area (Å²) in [7, 11) is 0. The molecule has 0 radical (unpaired) electrons. The van der Waals surface area contributed by atoms with Crippen LogP contribution in [0.2, 0.25) is 0 Å². The number of carbonyl (C=O) groups excluding carboxylic acids is 1. The number of nitrogens with two attached hydrogens (primary N) is 1. The summed E-state index contributed by atoms with van der Waals surface area (Å²) >= 11 is 1.52. The molecule has 0 atom stereocenters. The Morgan fingerprint density at radius 3 is 3.00 bits per heavy atom. The van der Waals surface area contributed by atoms with Crippen LogP contribution in [0.25, 0.3) is 0 Å². The van der Waals surface area contributed by atoms with Gasteiger partial charge in [-0.05, 0) is 24.1 Å². The molecule has 1 heterocycles. The third-order valence-corrected chi connectivity index (χ3v) is 3.28. The largest absolute Gasteiger partial charge is 0.399 e. The number of thiazole rings is 1. The standard InChI is InChI=1S/C13H14N2OS/c14-11-3-1-2-10(6-11)4-5-12(16)7-13-8-15-9-17-13/h1-3,6,8-9H,4-5,7,14H2. The number of nitrogen functional groups attached to an aromatic ring is 1. The summed E-state index contributed by atoms with van der Waals surface area (Å²) in [5.41, 5.74) is 9.29. The predicted octanol–water partition coefficient (Wildman–Crippen LogP) is 2.47. The van der Waals surface area contributed by atoms with Gasteiger partial charge in [-0.25, -0.2) is 0 Å². The van der Waals surface area contributed by atoms with Crippen LogP contribution < -0.4 is 5.73 Å². The third-order valence-electron chi connectivity index (χ3n) is 2.50. The molecule has 0 saturated carbocycles. The van der Waals surface area contributed by atoms with E-state index in [9.17, 15) is 4.79 Å². The quantitative estimate of drug-likeness (QED) is 0.824. The average Bonchev–Trinajstić information content (AvgIpc) is 2.79. The minimum Gasteiger partial charge on any atom is -0.399 e. The number of benzene rings is 1. The normalized spacial score (nSPS) is 10.4. The van der Waals surface area contributed by atoms with Crippen LogP contribution in [0.5, 0.6) is 0 Å². The minimum atomic E-state index is 0.247. The molecular weight excluding hydrogens is 232 g/mol. The van der Waals surface area contributed by atoms with E-state index >= 15 is 0 Å². The summed E-state index contributed by atoms with van der Waals surface area (Å²) in [4.78, 5) is 16.7. The molecule has 1 aromatic carbocycles. The van der Waals surface area contributed by atoms with Crippen molar-refractivity contribution in [2.75, 3.05) is 5.73 Å². The molecule has 4 heteroatoms. The molecule has 0 bridgehead atoms. The molecule has 88 valence electrons. The number of aryl methyl sites for hydroxylation is 1. The smallest absolute Gasteiger partial charge is 0.138 e. The summed E-state index contributed by atoms with van der Waals surface area (Å²) < 4.78 is 0. The molecule has 17 heavy (non-hydrogen) atoms. The van der Waals surface area contributed by atoms with E-state index in [2.05, 4.69) is 4.98 Å². The highest BCUT2D eigenvalue weighted by atomic mass is 32.1. The number of ketones is 1. The maximum Gasteiger partial charge on any atom is 0.138 e. The predicted molar refractivity (Wildman–Crippen MR) is 70.0 cm³/mol. The van der Waals surface area contributed by atoms with E-state index in [4.69, 9.17) is 5.73 Å². The molecule has 2 N–H and O–H groups in total. The summed E-state index contributed by atoms with van der Waals surface area (Å²) in [5.74, 6) is 0.247.